The summed E-state index contributed by atoms with van der Waals surface area (Å²) < 4.78 is 16.6. The second-order valence-electron chi connectivity index (χ2n) is 24.6. The number of nitrogens with zero attached hydrogens (tertiary/aromatic N) is 5. The Morgan fingerprint density at radius 3 is 2.04 bits per heavy atom. The molecule has 30 heteroatoms. The van der Waals surface area contributed by atoms with Gasteiger partial charge in [-0.25, -0.2) is 0 Å². The monoisotopic (exact) mass is 1330 g/mol. The van der Waals surface area contributed by atoms with Crippen LogP contribution in [0.25, 0.3) is 21.1 Å². The van der Waals surface area contributed by atoms with Crippen LogP contribution >= 0.6 is 11.3 Å². The molecule has 0 aliphatic carbocycles. The molecule has 4 aliphatic heterocycles. The number of amides is 7. The van der Waals surface area contributed by atoms with Crippen molar-refractivity contribution in [3.8, 4) is 32.6 Å². The highest BCUT2D eigenvalue weighted by molar-refractivity contribution is 7.17. The number of aliphatic hydroxyl groups is 6. The maximum atomic E-state index is 14.7. The second kappa shape index (κ2) is 34.3. The van der Waals surface area contributed by atoms with Gasteiger partial charge in [0, 0.05) is 114 Å². The molecular weight excluding hydrogens is 1240 g/mol. The summed E-state index contributed by atoms with van der Waals surface area (Å²) in [7, 11) is 1.71. The Balaban J connectivity index is 1.01. The summed E-state index contributed by atoms with van der Waals surface area (Å²) in [6, 6.07) is 7.41. The van der Waals surface area contributed by atoms with E-state index in [0.717, 1.165) is 93.0 Å². The number of carbonyl (C=O) groups is 7. The number of nitrogens with two attached hydrogens (primary N) is 2. The maximum Gasteiger partial charge on any atom is 0.251 e. The predicted molar refractivity (Wildman–Crippen MR) is 343 cm³/mol. The minimum atomic E-state index is -2.04. The fraction of sp³-hybridized carbons (Fsp3) is 0.578. The molecular formula is C64H90N12O17S. The Morgan fingerprint density at radius 2 is 1.38 bits per heavy atom. The number of phenols is 1. The topological polar surface area (TPSA) is 436 Å². The van der Waals surface area contributed by atoms with Gasteiger partial charge >= 0.3 is 0 Å². The van der Waals surface area contributed by atoms with Crippen molar-refractivity contribution in [2.24, 2.45) is 23.3 Å². The van der Waals surface area contributed by atoms with Crippen LogP contribution in [0.5, 0.6) is 11.5 Å². The molecule has 94 heavy (non-hydrogen) atoms. The van der Waals surface area contributed by atoms with E-state index in [1.165, 1.54) is 48.6 Å². The molecule has 4 saturated heterocycles. The molecule has 1 unspecified atom stereocenters. The molecule has 8 rings (SSSR count). The number of rotatable bonds is 23. The van der Waals surface area contributed by atoms with E-state index in [0.29, 0.717) is 21.5 Å². The number of aliphatic hydroxyl groups excluding tert-OH is 6. The van der Waals surface area contributed by atoms with Crippen molar-refractivity contribution in [1.29, 1.82) is 0 Å². The number of unbranched alkanes of at least 4 members (excludes halogenated alkanes) is 2. The molecule has 3 aromatic carbocycles. The number of piperidine rings is 1. The number of aromatic hydroxyl groups is 1. The van der Waals surface area contributed by atoms with Gasteiger partial charge in [0.1, 0.15) is 52.9 Å². The highest BCUT2D eigenvalue weighted by Gasteiger charge is 2.50. The van der Waals surface area contributed by atoms with E-state index in [9.17, 15) is 69.3 Å². The van der Waals surface area contributed by atoms with Gasteiger partial charge in [-0.3, -0.25) is 33.6 Å². The lowest BCUT2D eigenvalue weighted by Crippen LogP contribution is -2.64. The molecule has 0 spiro atoms. The van der Waals surface area contributed by atoms with E-state index in [2.05, 4.69) is 53.8 Å². The van der Waals surface area contributed by atoms with E-state index in [4.69, 9.17) is 25.7 Å². The molecule has 29 nitrogen and oxygen atoms in total. The molecule has 4 aromatic rings. The third-order valence-electron chi connectivity index (χ3n) is 17.5. The van der Waals surface area contributed by atoms with Gasteiger partial charge in [-0.1, -0.05) is 36.5 Å². The quantitative estimate of drug-likeness (QED) is 0.0367. The van der Waals surface area contributed by atoms with E-state index < -0.39 is 152 Å². The highest BCUT2D eigenvalue weighted by atomic mass is 32.1. The molecule has 16 N–H and O–H groups in total. The van der Waals surface area contributed by atoms with Crippen LogP contribution in [0.15, 0.2) is 66.7 Å². The number of methoxy groups -OCH3 is 1. The molecule has 13 atom stereocenters. The average Bonchev–Trinajstić information content (AvgIpc) is 1.67. The van der Waals surface area contributed by atoms with Crippen LogP contribution in [-0.4, -0.2) is 249 Å². The summed E-state index contributed by atoms with van der Waals surface area (Å²) in [5, 5.41) is 102. The average molecular weight is 1330 g/mol. The first-order valence-corrected chi connectivity index (χ1v) is 32.8. The van der Waals surface area contributed by atoms with Crippen LogP contribution in [0.3, 0.4) is 0 Å². The number of phenolic OH excluding ortho intramolecular Hbond substituents is 1. The van der Waals surface area contributed by atoms with Crippen LogP contribution in [0.1, 0.15) is 81.1 Å². The van der Waals surface area contributed by atoms with E-state index in [-0.39, 0.29) is 55.3 Å². The zero-order chi connectivity index (χ0) is 67.8. The first-order valence-electron chi connectivity index (χ1n) is 32.0. The van der Waals surface area contributed by atoms with Crippen molar-refractivity contribution in [1.82, 2.24) is 46.6 Å². The molecule has 0 saturated carbocycles. The smallest absolute Gasteiger partial charge is 0.251 e. The Morgan fingerprint density at radius 1 is 0.734 bits per heavy atom. The summed E-state index contributed by atoms with van der Waals surface area (Å²) in [5.41, 5.74) is 14.3. The lowest BCUT2D eigenvalue weighted by atomic mass is 9.97. The van der Waals surface area contributed by atoms with Gasteiger partial charge in [0.2, 0.25) is 35.4 Å². The predicted octanol–water partition coefficient (Wildman–Crippen LogP) is -1.74. The van der Waals surface area contributed by atoms with Gasteiger partial charge in [-0.2, -0.15) is 0 Å². The molecule has 514 valence electrons. The SMILES string of the molecule is COCCCCCOCC1CCN(c2ccc(-c3nnc(-c4ccc(C(=O)NC5C[C@@H](O)CNC(=O)[C@@H]6[C@@H](O)[C@@H](C)CN6C(=O)[C@H]([C@H](O)CCN)NC(=O)[C@H]([C@H](O)Cc6ccc(O)c(OCCN)c6)NC(=O)[C@@H]6C[C@@H](O)CN6C(=O)[C@H]([C@@H](C)O)NC5=O)cc4)s3)cc2)CC1. The molecule has 4 aliphatic rings. The van der Waals surface area contributed by atoms with Crippen molar-refractivity contribution in [2.45, 2.75) is 145 Å². The molecule has 1 aromatic heterocycles. The van der Waals surface area contributed by atoms with E-state index in [1.54, 1.807) is 19.2 Å². The number of carbonyl (C=O) groups excluding carboxylic acids is 7. The fourth-order valence-electron chi connectivity index (χ4n) is 12.1. The number of ether oxygens (including phenoxy) is 3. The number of nitrogens with one attached hydrogen (secondary N) is 5. The van der Waals surface area contributed by atoms with Crippen LogP contribution in [-0.2, 0) is 44.7 Å². The van der Waals surface area contributed by atoms with Gasteiger partial charge < -0.3 is 103 Å². The van der Waals surface area contributed by atoms with Crippen molar-refractivity contribution in [3.05, 3.63) is 77.9 Å². The third kappa shape index (κ3) is 18.7. The van der Waals surface area contributed by atoms with E-state index in [1.807, 2.05) is 12.1 Å². The molecule has 0 radical (unpaired) electrons. The summed E-state index contributed by atoms with van der Waals surface area (Å²) in [6.45, 7) is 5.23. The molecule has 5 heterocycles. The van der Waals surface area contributed by atoms with Crippen molar-refractivity contribution in [3.63, 3.8) is 0 Å². The van der Waals surface area contributed by atoms with Crippen LogP contribution in [0.4, 0.5) is 5.69 Å². The minimum Gasteiger partial charge on any atom is -0.504 e. The number of aromatic nitrogens is 2. The van der Waals surface area contributed by atoms with Gasteiger partial charge in [-0.15, -0.1) is 10.2 Å². The Kier molecular flexibility index (Phi) is 26.4. The molecule has 0 bridgehead atoms. The van der Waals surface area contributed by atoms with Crippen molar-refractivity contribution < 1.29 is 83.5 Å². The summed E-state index contributed by atoms with van der Waals surface area (Å²) in [6.07, 6.45) is -6.61. The number of hydrogen-bond donors (Lipinski definition) is 14. The van der Waals surface area contributed by atoms with Crippen LogP contribution < -0.4 is 47.7 Å². The first-order chi connectivity index (χ1) is 45.1. The summed E-state index contributed by atoms with van der Waals surface area (Å²) in [5.74, 6) is -8.12. The lowest BCUT2D eigenvalue weighted by molar-refractivity contribution is -0.147. The summed E-state index contributed by atoms with van der Waals surface area (Å²) >= 11 is 1.34. The number of hydrogen-bond acceptors (Lipinski definition) is 23. The van der Waals surface area contributed by atoms with Gasteiger partial charge in [0.15, 0.2) is 11.5 Å². The zero-order valence-electron chi connectivity index (χ0n) is 53.1. The Hall–Kier alpha value is -7.49. The van der Waals surface area contributed by atoms with E-state index >= 15 is 0 Å². The normalized spacial score (nSPS) is 25.7. The molecule has 7 amide bonds. The lowest BCUT2D eigenvalue weighted by Gasteiger charge is -2.34. The van der Waals surface area contributed by atoms with Crippen LogP contribution in [0, 0.1) is 11.8 Å². The van der Waals surface area contributed by atoms with Gasteiger partial charge in [0.05, 0.1) is 36.6 Å². The maximum absolute atomic E-state index is 14.7. The van der Waals surface area contributed by atoms with Crippen molar-refractivity contribution in [2.75, 3.05) is 84.3 Å². The third-order valence-corrected chi connectivity index (χ3v) is 18.5. The van der Waals surface area contributed by atoms with Gasteiger partial charge in [0.25, 0.3) is 5.91 Å². The first kappa shape index (κ1) is 72.3. The zero-order valence-corrected chi connectivity index (χ0v) is 53.9. The largest absolute Gasteiger partial charge is 0.504 e. The Bertz CT molecular complexity index is 3190. The fourth-order valence-corrected chi connectivity index (χ4v) is 13.0. The minimum absolute atomic E-state index is 0.00535. The molecule has 4 fully saturated rings. The number of benzene rings is 3. The Labute approximate surface area is 548 Å². The number of anilines is 1. The summed E-state index contributed by atoms with van der Waals surface area (Å²) in [4.78, 5) is 106. The standard InChI is InChI=1S/C64H90N12O17S/c1-35-32-76-54(55(35)83)60(88)67-31-43(78)29-45(68-56(84)39-8-10-40(11-9-39)61-72-73-62(94-61)41-12-14-42(15-13-41)74-22-18-37(19-23-74)34-92-25-6-4-5-24-91-3)57(85)69-51(36(2)77)63(89)75-33-44(79)30-46(75)58(86)70-52(59(87)71-53(64(76)90)48(81)17-20-65)49(82)27-38-7-16-47(80)50(28-38)93-26-21-66/h7-16,28,35-37,43-46,48-49,51-55,77-83H,4-6,17-27,29-34,65-66H2,1-3H3,(H,67,88)(H,68,84)(H,69,85)(H,70,86)(H,71,87)/t35-,36+,43+,44+,45?,46-,48+,49+,51-,52-,53-,54-,55-/m0/s1. The van der Waals surface area contributed by atoms with Crippen LogP contribution in [0.2, 0.25) is 0 Å². The van der Waals surface area contributed by atoms with Crippen molar-refractivity contribution >= 4 is 58.4 Å². The highest BCUT2D eigenvalue weighted by Crippen LogP contribution is 2.34. The number of β-amino-alcohol motifs (C(OH)–C–C–N with tert-alkyl or cyclic N) is 1. The van der Waals surface area contributed by atoms with Gasteiger partial charge in [-0.05, 0) is 112 Å². The second-order valence-corrected chi connectivity index (χ2v) is 25.6. The number of fused-ring (bicyclic) bond motifs is 2.